The molecule has 0 amide bonds. The Labute approximate surface area is 179 Å². The molecule has 3 nitrogen and oxygen atoms in total. The molecule has 0 saturated heterocycles. The molecule has 2 aromatic carbocycles. The molecule has 27 heavy (non-hydrogen) atoms. The minimum absolute atomic E-state index is 0.101. The van der Waals surface area contributed by atoms with Gasteiger partial charge in [-0.2, -0.15) is 0 Å². The highest BCUT2D eigenvalue weighted by Gasteiger charge is 2.18. The number of benzene rings is 2. The molecule has 2 heterocycles. The monoisotopic (exact) mass is 476 g/mol. The minimum atomic E-state index is 0.101. The van der Waals surface area contributed by atoms with Gasteiger partial charge >= 0.3 is 0 Å². The number of hydrogen-bond acceptors (Lipinski definition) is 4. The Balaban J connectivity index is 1.80. The Bertz CT molecular complexity index is 1180. The molecule has 0 bridgehead atoms. The van der Waals surface area contributed by atoms with Gasteiger partial charge < -0.3 is 5.11 Å². The number of hydrogen-bond donors (Lipinski definition) is 1. The lowest BCUT2D eigenvalue weighted by atomic mass is 10.0. The summed E-state index contributed by atoms with van der Waals surface area (Å²) < 4.78 is 2.97. The summed E-state index contributed by atoms with van der Waals surface area (Å²) >= 11 is 16.4. The topological polar surface area (TPSA) is 37.5 Å². The van der Waals surface area contributed by atoms with Gasteiger partial charge in [0.1, 0.15) is 0 Å². The molecule has 1 aliphatic heterocycles. The molecule has 0 aliphatic carbocycles. The van der Waals surface area contributed by atoms with Crippen molar-refractivity contribution in [3.8, 4) is 11.6 Å². The second-order valence-electron chi connectivity index (χ2n) is 6.01. The zero-order chi connectivity index (χ0) is 19.1. The van der Waals surface area contributed by atoms with Gasteiger partial charge in [0, 0.05) is 21.8 Å². The van der Waals surface area contributed by atoms with E-state index in [4.69, 9.17) is 23.8 Å². The number of halogens is 2. The Morgan fingerprint density at radius 1 is 1.33 bits per heavy atom. The predicted octanol–water partition coefficient (Wildman–Crippen LogP) is 7.21. The van der Waals surface area contributed by atoms with Crippen molar-refractivity contribution < 1.29 is 5.11 Å². The highest BCUT2D eigenvalue weighted by molar-refractivity contribution is 9.10. The van der Waals surface area contributed by atoms with Crippen molar-refractivity contribution in [2.24, 2.45) is 4.99 Å². The molecular weight excluding hydrogens is 464 g/mol. The SMILES string of the molecule is CCc1cccc2c1N=CC2=Cc1sc(=S)n(-c2ccc(Br)c(Cl)c2)c1O. The van der Waals surface area contributed by atoms with E-state index in [1.54, 1.807) is 10.6 Å². The second-order valence-corrected chi connectivity index (χ2v) is 8.95. The summed E-state index contributed by atoms with van der Waals surface area (Å²) in [7, 11) is 0. The maximum atomic E-state index is 10.8. The summed E-state index contributed by atoms with van der Waals surface area (Å²) in [4.78, 5) is 5.25. The van der Waals surface area contributed by atoms with Gasteiger partial charge in [-0.1, -0.05) is 36.7 Å². The number of rotatable bonds is 3. The fraction of sp³-hybridized carbons (Fsp3) is 0.100. The maximum absolute atomic E-state index is 10.8. The van der Waals surface area contributed by atoms with Crippen molar-refractivity contribution in [2.75, 3.05) is 0 Å². The highest BCUT2D eigenvalue weighted by Crippen LogP contribution is 2.39. The third kappa shape index (κ3) is 3.31. The fourth-order valence-corrected chi connectivity index (χ4v) is 4.77. The summed E-state index contributed by atoms with van der Waals surface area (Å²) in [5.41, 5.74) is 4.99. The molecule has 0 radical (unpaired) electrons. The molecule has 0 spiro atoms. The number of aryl methyl sites for hydroxylation is 1. The van der Waals surface area contributed by atoms with E-state index >= 15 is 0 Å². The number of aromatic hydroxyl groups is 1. The number of fused-ring (bicyclic) bond motifs is 1. The molecule has 0 unspecified atom stereocenters. The zero-order valence-electron chi connectivity index (χ0n) is 14.2. The predicted molar refractivity (Wildman–Crippen MR) is 121 cm³/mol. The summed E-state index contributed by atoms with van der Waals surface area (Å²) in [5.74, 6) is 0.101. The van der Waals surface area contributed by atoms with Gasteiger partial charge in [0.2, 0.25) is 5.88 Å². The van der Waals surface area contributed by atoms with Gasteiger partial charge in [0.05, 0.1) is 21.3 Å². The Morgan fingerprint density at radius 3 is 2.89 bits per heavy atom. The molecule has 1 aromatic heterocycles. The molecule has 0 atom stereocenters. The summed E-state index contributed by atoms with van der Waals surface area (Å²) in [6.45, 7) is 2.12. The van der Waals surface area contributed by atoms with Gasteiger partial charge in [0.25, 0.3) is 0 Å². The minimum Gasteiger partial charge on any atom is -0.493 e. The van der Waals surface area contributed by atoms with Gasteiger partial charge in [-0.05, 0) is 64.4 Å². The van der Waals surface area contributed by atoms with Crippen LogP contribution in [-0.2, 0) is 6.42 Å². The van der Waals surface area contributed by atoms with Crippen molar-refractivity contribution in [3.05, 3.63) is 65.9 Å². The van der Waals surface area contributed by atoms with Crippen LogP contribution >= 0.6 is 51.1 Å². The van der Waals surface area contributed by atoms with Crippen LogP contribution in [0, 0.1) is 3.95 Å². The normalized spacial score (nSPS) is 14.1. The van der Waals surface area contributed by atoms with Crippen LogP contribution in [0.5, 0.6) is 5.88 Å². The van der Waals surface area contributed by atoms with Crippen LogP contribution in [0.2, 0.25) is 5.02 Å². The van der Waals surface area contributed by atoms with Crippen LogP contribution in [-0.4, -0.2) is 15.9 Å². The van der Waals surface area contributed by atoms with Crippen LogP contribution in [0.15, 0.2) is 45.9 Å². The van der Waals surface area contributed by atoms with Gasteiger partial charge in [-0.3, -0.25) is 9.56 Å². The summed E-state index contributed by atoms with van der Waals surface area (Å²) in [5, 5.41) is 11.4. The second kappa shape index (κ2) is 7.36. The zero-order valence-corrected chi connectivity index (χ0v) is 18.2. The average Bonchev–Trinajstić information content (AvgIpc) is 3.19. The van der Waals surface area contributed by atoms with E-state index in [1.165, 1.54) is 16.9 Å². The van der Waals surface area contributed by atoms with E-state index in [9.17, 15) is 5.11 Å². The van der Waals surface area contributed by atoms with Crippen LogP contribution in [0.1, 0.15) is 22.9 Å². The fourth-order valence-electron chi connectivity index (χ4n) is 3.05. The van der Waals surface area contributed by atoms with Crippen molar-refractivity contribution in [2.45, 2.75) is 13.3 Å². The number of thiazole rings is 1. The lowest BCUT2D eigenvalue weighted by Crippen LogP contribution is -1.93. The molecule has 1 aliphatic rings. The third-order valence-electron chi connectivity index (χ3n) is 4.40. The van der Waals surface area contributed by atoms with Crippen LogP contribution in [0.3, 0.4) is 0 Å². The third-order valence-corrected chi connectivity index (χ3v) is 6.95. The largest absolute Gasteiger partial charge is 0.493 e. The molecule has 1 N–H and O–H groups in total. The van der Waals surface area contributed by atoms with Gasteiger partial charge in [0.15, 0.2) is 3.95 Å². The van der Waals surface area contributed by atoms with Crippen molar-refractivity contribution in [3.63, 3.8) is 0 Å². The van der Waals surface area contributed by atoms with E-state index < -0.39 is 0 Å². The number of aromatic nitrogens is 1. The molecule has 0 saturated carbocycles. The maximum Gasteiger partial charge on any atom is 0.215 e. The lowest BCUT2D eigenvalue weighted by Gasteiger charge is -2.06. The Kier molecular flexibility index (Phi) is 5.07. The lowest BCUT2D eigenvalue weighted by molar-refractivity contribution is 0.441. The molecule has 7 heteroatoms. The van der Waals surface area contributed by atoms with Crippen molar-refractivity contribution >= 4 is 74.6 Å². The standard InChI is InChI=1S/C20H14BrClN2OS2/c1-2-11-4-3-5-14-12(10-23-18(11)14)8-17-19(25)24(20(26)27-17)13-6-7-15(21)16(22)9-13/h3-10,25H,2H2,1H3. The summed E-state index contributed by atoms with van der Waals surface area (Å²) in [6.07, 6.45) is 4.70. The van der Waals surface area contributed by atoms with E-state index in [2.05, 4.69) is 40.0 Å². The van der Waals surface area contributed by atoms with E-state index in [-0.39, 0.29) is 5.88 Å². The van der Waals surface area contributed by atoms with Crippen molar-refractivity contribution in [1.82, 2.24) is 4.57 Å². The Hall–Kier alpha value is -1.73. The molecule has 136 valence electrons. The van der Waals surface area contributed by atoms with Crippen molar-refractivity contribution in [1.29, 1.82) is 0 Å². The first-order valence-corrected chi connectivity index (χ1v) is 10.7. The molecule has 0 fully saturated rings. The molecule has 3 aromatic rings. The van der Waals surface area contributed by atoms with E-state index in [1.807, 2.05) is 30.5 Å². The first-order valence-electron chi connectivity index (χ1n) is 8.28. The smallest absolute Gasteiger partial charge is 0.215 e. The van der Waals surface area contributed by atoms with E-state index in [0.29, 0.717) is 13.9 Å². The molecule has 4 rings (SSSR count). The van der Waals surface area contributed by atoms with Crippen LogP contribution in [0.4, 0.5) is 5.69 Å². The van der Waals surface area contributed by atoms with Gasteiger partial charge in [-0.15, -0.1) is 11.3 Å². The number of allylic oxidation sites excluding steroid dienone is 1. The van der Waals surface area contributed by atoms with Gasteiger partial charge in [-0.25, -0.2) is 0 Å². The first-order chi connectivity index (χ1) is 13.0. The van der Waals surface area contributed by atoms with Crippen LogP contribution in [0.25, 0.3) is 17.3 Å². The Morgan fingerprint density at radius 2 is 2.15 bits per heavy atom. The quantitative estimate of drug-likeness (QED) is 0.405. The average molecular weight is 478 g/mol. The summed E-state index contributed by atoms with van der Waals surface area (Å²) in [6, 6.07) is 11.6. The molecular formula is C20H14BrClN2OS2. The first kappa shape index (κ1) is 18.6. The highest BCUT2D eigenvalue weighted by atomic mass is 79.9. The number of nitrogens with zero attached hydrogens (tertiary/aromatic N) is 2. The van der Waals surface area contributed by atoms with Crippen LogP contribution < -0.4 is 0 Å². The number of aliphatic imine (C=N–C) groups is 1. The van der Waals surface area contributed by atoms with E-state index in [0.717, 1.165) is 33.4 Å². The number of para-hydroxylation sites is 1.